The van der Waals surface area contributed by atoms with Crippen molar-refractivity contribution in [1.29, 1.82) is 0 Å². The van der Waals surface area contributed by atoms with E-state index in [2.05, 4.69) is 31.2 Å². The smallest absolute Gasteiger partial charge is 0.0497 e. The highest BCUT2D eigenvalue weighted by Gasteiger charge is 2.17. The van der Waals surface area contributed by atoms with Crippen LogP contribution in [-0.4, -0.2) is 11.7 Å². The van der Waals surface area contributed by atoms with Crippen LogP contribution in [0.3, 0.4) is 0 Å². The minimum atomic E-state index is 0.244. The molecule has 1 nitrogen and oxygen atoms in total. The van der Waals surface area contributed by atoms with E-state index < -0.39 is 0 Å². The molecule has 1 saturated carbocycles. The van der Waals surface area contributed by atoms with Gasteiger partial charge in [-0.1, -0.05) is 44.0 Å². The lowest BCUT2D eigenvalue weighted by molar-refractivity contribution is 0.273. The first-order valence-electron chi connectivity index (χ1n) is 6.02. The molecule has 1 fully saturated rings. The molecule has 2 rings (SSSR count). The second kappa shape index (κ2) is 4.80. The standard InChI is InChI=1S/C14H20O/c1-11(10-15)13-7-4-8-14(9-13)12-5-2-3-6-12/h4,7-9,11-12,15H,2-3,5-6,10H2,1H3. The van der Waals surface area contributed by atoms with Gasteiger partial charge >= 0.3 is 0 Å². The molecule has 0 spiro atoms. The minimum absolute atomic E-state index is 0.244. The van der Waals surface area contributed by atoms with Crippen molar-refractivity contribution in [1.82, 2.24) is 0 Å². The van der Waals surface area contributed by atoms with Gasteiger partial charge in [-0.05, 0) is 29.9 Å². The first-order valence-corrected chi connectivity index (χ1v) is 6.02. The summed E-state index contributed by atoms with van der Waals surface area (Å²) in [6.45, 7) is 2.32. The fraction of sp³-hybridized carbons (Fsp3) is 0.571. The molecule has 0 bridgehead atoms. The van der Waals surface area contributed by atoms with Crippen molar-refractivity contribution < 1.29 is 5.11 Å². The van der Waals surface area contributed by atoms with Crippen molar-refractivity contribution in [3.63, 3.8) is 0 Å². The van der Waals surface area contributed by atoms with Crippen molar-refractivity contribution in [2.45, 2.75) is 44.4 Å². The zero-order chi connectivity index (χ0) is 10.7. The molecule has 1 aliphatic carbocycles. The Kier molecular flexibility index (Phi) is 3.42. The van der Waals surface area contributed by atoms with Gasteiger partial charge in [-0.25, -0.2) is 0 Å². The molecule has 0 radical (unpaired) electrons. The summed E-state index contributed by atoms with van der Waals surface area (Å²) in [5.74, 6) is 1.04. The molecule has 1 unspecified atom stereocenters. The quantitative estimate of drug-likeness (QED) is 0.799. The van der Waals surface area contributed by atoms with Gasteiger partial charge in [-0.15, -0.1) is 0 Å². The molecule has 15 heavy (non-hydrogen) atoms. The predicted molar refractivity (Wildman–Crippen MR) is 63.2 cm³/mol. The summed E-state index contributed by atoms with van der Waals surface area (Å²) in [6, 6.07) is 8.79. The van der Waals surface area contributed by atoms with Gasteiger partial charge < -0.3 is 5.11 Å². The van der Waals surface area contributed by atoms with Crippen molar-refractivity contribution in [3.05, 3.63) is 35.4 Å². The Bertz CT molecular complexity index is 313. The van der Waals surface area contributed by atoms with Crippen LogP contribution in [0.1, 0.15) is 55.6 Å². The average molecular weight is 204 g/mol. The highest BCUT2D eigenvalue weighted by Crippen LogP contribution is 2.34. The van der Waals surface area contributed by atoms with E-state index in [4.69, 9.17) is 5.11 Å². The number of hydrogen-bond donors (Lipinski definition) is 1. The van der Waals surface area contributed by atoms with Gasteiger partial charge in [0.2, 0.25) is 0 Å². The summed E-state index contributed by atoms with van der Waals surface area (Å²) in [7, 11) is 0. The Morgan fingerprint density at radius 3 is 2.73 bits per heavy atom. The van der Waals surface area contributed by atoms with Crippen LogP contribution in [-0.2, 0) is 0 Å². The fourth-order valence-corrected chi connectivity index (χ4v) is 2.48. The van der Waals surface area contributed by atoms with Crippen LogP contribution in [0.2, 0.25) is 0 Å². The molecule has 0 amide bonds. The zero-order valence-electron chi connectivity index (χ0n) is 9.45. The predicted octanol–water partition coefficient (Wildman–Crippen LogP) is 3.44. The summed E-state index contributed by atoms with van der Waals surface area (Å²) < 4.78 is 0. The van der Waals surface area contributed by atoms with Gasteiger partial charge in [-0.2, -0.15) is 0 Å². The van der Waals surface area contributed by atoms with Crippen LogP contribution < -0.4 is 0 Å². The first kappa shape index (κ1) is 10.7. The van der Waals surface area contributed by atoms with Crippen molar-refractivity contribution in [2.24, 2.45) is 0 Å². The summed E-state index contributed by atoms with van der Waals surface area (Å²) >= 11 is 0. The van der Waals surface area contributed by atoms with Crippen LogP contribution in [0.4, 0.5) is 0 Å². The fourth-order valence-electron chi connectivity index (χ4n) is 2.48. The lowest BCUT2D eigenvalue weighted by atomic mass is 9.92. The molecular formula is C14H20O. The molecule has 1 aromatic carbocycles. The van der Waals surface area contributed by atoms with Gasteiger partial charge in [0.1, 0.15) is 0 Å². The molecule has 0 heterocycles. The Hall–Kier alpha value is -0.820. The normalized spacial score (nSPS) is 19.3. The van der Waals surface area contributed by atoms with E-state index in [9.17, 15) is 0 Å². The number of aliphatic hydroxyl groups is 1. The average Bonchev–Trinajstić information content (AvgIpc) is 2.82. The Labute approximate surface area is 92.1 Å². The van der Waals surface area contributed by atoms with Crippen LogP contribution in [0.15, 0.2) is 24.3 Å². The molecule has 1 aromatic rings. The van der Waals surface area contributed by atoms with Crippen LogP contribution >= 0.6 is 0 Å². The second-order valence-electron chi connectivity index (χ2n) is 4.74. The SMILES string of the molecule is CC(CO)c1cccc(C2CCCC2)c1. The van der Waals surface area contributed by atoms with Crippen LogP contribution in [0.5, 0.6) is 0 Å². The topological polar surface area (TPSA) is 20.2 Å². The monoisotopic (exact) mass is 204 g/mol. The molecule has 0 aromatic heterocycles. The number of aliphatic hydroxyl groups excluding tert-OH is 1. The van der Waals surface area contributed by atoms with Crippen molar-refractivity contribution in [3.8, 4) is 0 Å². The van der Waals surface area contributed by atoms with Gasteiger partial charge in [-0.3, -0.25) is 0 Å². The number of benzene rings is 1. The molecule has 1 atom stereocenters. The third-order valence-electron chi connectivity index (χ3n) is 3.58. The van der Waals surface area contributed by atoms with Gasteiger partial charge in [0, 0.05) is 12.5 Å². The third kappa shape index (κ3) is 2.40. The Balaban J connectivity index is 2.18. The molecule has 1 N–H and O–H groups in total. The highest BCUT2D eigenvalue weighted by atomic mass is 16.3. The van der Waals surface area contributed by atoms with Crippen LogP contribution in [0.25, 0.3) is 0 Å². The molecular weight excluding hydrogens is 184 g/mol. The summed E-state index contributed by atoms with van der Waals surface area (Å²) in [6.07, 6.45) is 5.45. The van der Waals surface area contributed by atoms with Crippen molar-refractivity contribution >= 4 is 0 Å². The maximum absolute atomic E-state index is 9.14. The molecule has 82 valence electrons. The van der Waals surface area contributed by atoms with E-state index in [0.717, 1.165) is 5.92 Å². The molecule has 0 saturated heterocycles. The molecule has 1 aliphatic rings. The van der Waals surface area contributed by atoms with Crippen molar-refractivity contribution in [2.75, 3.05) is 6.61 Å². The maximum Gasteiger partial charge on any atom is 0.0497 e. The van der Waals surface area contributed by atoms with E-state index in [0.29, 0.717) is 0 Å². The highest BCUT2D eigenvalue weighted by molar-refractivity contribution is 5.29. The zero-order valence-corrected chi connectivity index (χ0v) is 9.45. The first-order chi connectivity index (χ1) is 7.31. The Morgan fingerprint density at radius 2 is 2.07 bits per heavy atom. The van der Waals surface area contributed by atoms with E-state index >= 15 is 0 Å². The van der Waals surface area contributed by atoms with E-state index in [1.165, 1.54) is 36.8 Å². The van der Waals surface area contributed by atoms with Crippen LogP contribution in [0, 0.1) is 0 Å². The van der Waals surface area contributed by atoms with Gasteiger partial charge in [0.05, 0.1) is 0 Å². The number of hydrogen-bond acceptors (Lipinski definition) is 1. The lowest BCUT2D eigenvalue weighted by Crippen LogP contribution is -2.00. The van der Waals surface area contributed by atoms with Gasteiger partial charge in [0.15, 0.2) is 0 Å². The molecule has 1 heteroatoms. The minimum Gasteiger partial charge on any atom is -0.396 e. The van der Waals surface area contributed by atoms with E-state index in [1.807, 2.05) is 0 Å². The number of rotatable bonds is 3. The van der Waals surface area contributed by atoms with E-state index in [1.54, 1.807) is 0 Å². The summed E-state index contributed by atoms with van der Waals surface area (Å²) in [5.41, 5.74) is 2.76. The van der Waals surface area contributed by atoms with E-state index in [-0.39, 0.29) is 12.5 Å². The Morgan fingerprint density at radius 1 is 1.33 bits per heavy atom. The maximum atomic E-state index is 9.14. The summed E-state index contributed by atoms with van der Waals surface area (Å²) in [5, 5.41) is 9.14. The lowest BCUT2D eigenvalue weighted by Gasteiger charge is -2.14. The summed E-state index contributed by atoms with van der Waals surface area (Å²) in [4.78, 5) is 0. The third-order valence-corrected chi connectivity index (χ3v) is 3.58. The largest absolute Gasteiger partial charge is 0.396 e. The van der Waals surface area contributed by atoms with Gasteiger partial charge in [0.25, 0.3) is 0 Å². The second-order valence-corrected chi connectivity index (χ2v) is 4.74. The molecule has 0 aliphatic heterocycles.